The number of piperidine rings is 1. The predicted molar refractivity (Wildman–Crippen MR) is 109 cm³/mol. The Bertz CT molecular complexity index is 928. The Morgan fingerprint density at radius 3 is 2.79 bits per heavy atom. The van der Waals surface area contributed by atoms with Crippen LogP contribution in [-0.2, 0) is 14.9 Å². The highest BCUT2D eigenvalue weighted by Crippen LogP contribution is 2.62. The molecule has 29 heavy (non-hydrogen) atoms. The van der Waals surface area contributed by atoms with E-state index in [1.807, 2.05) is 6.07 Å². The van der Waals surface area contributed by atoms with Crippen molar-refractivity contribution in [3.05, 3.63) is 29.3 Å². The first-order valence-corrected chi connectivity index (χ1v) is 10.8. The van der Waals surface area contributed by atoms with Gasteiger partial charge in [-0.25, -0.2) is 0 Å². The summed E-state index contributed by atoms with van der Waals surface area (Å²) in [7, 11) is 3.35. The van der Waals surface area contributed by atoms with Crippen LogP contribution in [0.2, 0.25) is 0 Å². The highest BCUT2D eigenvalue weighted by Gasteiger charge is 2.67. The van der Waals surface area contributed by atoms with E-state index in [2.05, 4.69) is 28.9 Å². The van der Waals surface area contributed by atoms with Gasteiger partial charge in [0.25, 0.3) is 0 Å². The number of ether oxygens (including phenoxy) is 3. The lowest BCUT2D eigenvalue weighted by molar-refractivity contribution is -0.127. The smallest absolute Gasteiger partial charge is 0.229 e. The molecule has 3 fully saturated rings. The molecule has 0 N–H and O–H groups in total. The van der Waals surface area contributed by atoms with Gasteiger partial charge in [0.15, 0.2) is 11.5 Å². The molecule has 6 nitrogen and oxygen atoms in total. The molecule has 0 aliphatic carbocycles. The number of benzene rings is 1. The Hall–Kier alpha value is -2.05. The number of methoxy groups -OCH3 is 2. The number of amides is 1. The quantitative estimate of drug-likeness (QED) is 0.735. The molecule has 1 aromatic rings. The van der Waals surface area contributed by atoms with E-state index < -0.39 is 0 Å². The van der Waals surface area contributed by atoms with E-state index in [-0.39, 0.29) is 29.4 Å². The molecule has 0 aromatic heterocycles. The maximum absolute atomic E-state index is 13.4. The second-order valence-electron chi connectivity index (χ2n) is 9.00. The van der Waals surface area contributed by atoms with Crippen LogP contribution in [0.15, 0.2) is 23.8 Å². The van der Waals surface area contributed by atoms with Crippen LogP contribution < -0.4 is 14.4 Å². The van der Waals surface area contributed by atoms with Gasteiger partial charge in [-0.05, 0) is 31.0 Å². The molecule has 0 saturated carbocycles. The summed E-state index contributed by atoms with van der Waals surface area (Å²) in [5.41, 5.74) is 3.66. The third-order valence-electron chi connectivity index (χ3n) is 8.16. The number of hydrogen-bond acceptors (Lipinski definition) is 5. The van der Waals surface area contributed by atoms with Gasteiger partial charge in [0.1, 0.15) is 0 Å². The van der Waals surface area contributed by atoms with Crippen molar-refractivity contribution in [3.8, 4) is 11.5 Å². The normalized spacial score (nSPS) is 38.9. The van der Waals surface area contributed by atoms with Gasteiger partial charge in [0.05, 0.1) is 45.1 Å². The Balaban J connectivity index is 1.66. The number of anilines is 1. The zero-order chi connectivity index (χ0) is 19.9. The number of hydrogen-bond donors (Lipinski definition) is 0. The van der Waals surface area contributed by atoms with E-state index in [9.17, 15) is 4.79 Å². The van der Waals surface area contributed by atoms with Crippen molar-refractivity contribution in [2.75, 3.05) is 38.8 Å². The monoisotopic (exact) mass is 396 g/mol. The molecule has 0 radical (unpaired) electrons. The van der Waals surface area contributed by atoms with Crippen molar-refractivity contribution in [1.29, 1.82) is 0 Å². The van der Waals surface area contributed by atoms with E-state index in [1.165, 1.54) is 11.1 Å². The largest absolute Gasteiger partial charge is 0.493 e. The van der Waals surface area contributed by atoms with E-state index in [0.29, 0.717) is 24.8 Å². The summed E-state index contributed by atoms with van der Waals surface area (Å²) in [4.78, 5) is 18.2. The van der Waals surface area contributed by atoms with Gasteiger partial charge < -0.3 is 19.1 Å². The molecule has 6 rings (SSSR count). The molecule has 5 aliphatic rings. The van der Waals surface area contributed by atoms with Crippen molar-refractivity contribution >= 4 is 11.6 Å². The first-order valence-electron chi connectivity index (χ1n) is 10.8. The molecule has 5 aliphatic heterocycles. The number of carbonyl (C=O) groups excluding carboxylic acids is 1. The van der Waals surface area contributed by atoms with Crippen molar-refractivity contribution in [3.63, 3.8) is 0 Å². The van der Waals surface area contributed by atoms with Crippen LogP contribution >= 0.6 is 0 Å². The number of rotatable bonds is 3. The summed E-state index contributed by atoms with van der Waals surface area (Å²) in [5.74, 6) is 1.88. The SMILES string of the molecule is CC[C@H]1N2CC[C@@]13c1cc(OC)c(OC)cc1N1C(=O)CC4OCC=C(C2)C4C13. The molecule has 1 amide bonds. The molecule has 2 bridgehead atoms. The fraction of sp³-hybridized carbons (Fsp3) is 0.609. The Labute approximate surface area is 171 Å². The lowest BCUT2D eigenvalue weighted by atomic mass is 9.63. The molecule has 6 heteroatoms. The molecule has 4 unspecified atom stereocenters. The highest BCUT2D eigenvalue weighted by atomic mass is 16.5. The van der Waals surface area contributed by atoms with Crippen molar-refractivity contribution in [2.45, 2.75) is 49.8 Å². The van der Waals surface area contributed by atoms with Crippen molar-refractivity contribution < 1.29 is 19.0 Å². The maximum atomic E-state index is 13.4. The van der Waals surface area contributed by atoms with Crippen LogP contribution in [0.25, 0.3) is 0 Å². The molecule has 5 heterocycles. The van der Waals surface area contributed by atoms with Gasteiger partial charge in [0, 0.05) is 30.0 Å². The van der Waals surface area contributed by atoms with E-state index in [1.54, 1.807) is 14.2 Å². The lowest BCUT2D eigenvalue weighted by Gasteiger charge is -2.49. The molecular weight excluding hydrogens is 368 g/mol. The lowest BCUT2D eigenvalue weighted by Crippen LogP contribution is -2.62. The van der Waals surface area contributed by atoms with Gasteiger partial charge in [-0.15, -0.1) is 0 Å². The van der Waals surface area contributed by atoms with E-state index >= 15 is 0 Å². The van der Waals surface area contributed by atoms with Gasteiger partial charge in [-0.1, -0.05) is 18.6 Å². The second-order valence-corrected chi connectivity index (χ2v) is 9.00. The van der Waals surface area contributed by atoms with Gasteiger partial charge in [-0.3, -0.25) is 9.69 Å². The van der Waals surface area contributed by atoms with Crippen molar-refractivity contribution in [1.82, 2.24) is 4.90 Å². The van der Waals surface area contributed by atoms with E-state index in [4.69, 9.17) is 14.2 Å². The molecular formula is C23H28N2O4. The fourth-order valence-corrected chi connectivity index (χ4v) is 7.22. The topological polar surface area (TPSA) is 51.2 Å². The second kappa shape index (κ2) is 5.99. The minimum Gasteiger partial charge on any atom is -0.493 e. The van der Waals surface area contributed by atoms with Gasteiger partial charge in [0.2, 0.25) is 5.91 Å². The number of fused-ring (bicyclic) bond motifs is 3. The van der Waals surface area contributed by atoms with Crippen LogP contribution in [0.3, 0.4) is 0 Å². The van der Waals surface area contributed by atoms with Crippen LogP contribution in [0, 0.1) is 5.92 Å². The molecule has 3 saturated heterocycles. The van der Waals surface area contributed by atoms with Crippen LogP contribution in [0.5, 0.6) is 11.5 Å². The van der Waals surface area contributed by atoms with Gasteiger partial charge in [-0.2, -0.15) is 0 Å². The summed E-state index contributed by atoms with van der Waals surface area (Å²) >= 11 is 0. The predicted octanol–water partition coefficient (Wildman–Crippen LogP) is 2.50. The van der Waals surface area contributed by atoms with Crippen LogP contribution in [0.4, 0.5) is 5.69 Å². The molecule has 1 spiro atoms. The number of carbonyl (C=O) groups is 1. The summed E-state index contributed by atoms with van der Waals surface area (Å²) in [6.45, 7) is 4.99. The average Bonchev–Trinajstić information content (AvgIpc) is 3.18. The summed E-state index contributed by atoms with van der Waals surface area (Å²) < 4.78 is 17.4. The maximum Gasteiger partial charge on any atom is 0.229 e. The first kappa shape index (κ1) is 17.8. The van der Waals surface area contributed by atoms with Crippen molar-refractivity contribution in [2.24, 2.45) is 5.92 Å². The zero-order valence-electron chi connectivity index (χ0n) is 17.3. The third kappa shape index (κ3) is 2.01. The minimum absolute atomic E-state index is 0.00298. The molecule has 1 aromatic carbocycles. The molecule has 154 valence electrons. The Morgan fingerprint density at radius 2 is 2.03 bits per heavy atom. The van der Waals surface area contributed by atoms with Crippen LogP contribution in [-0.4, -0.2) is 62.9 Å². The molecule has 6 atom stereocenters. The summed E-state index contributed by atoms with van der Waals surface area (Å²) in [5, 5.41) is 0. The summed E-state index contributed by atoms with van der Waals surface area (Å²) in [6.07, 6.45) is 4.87. The Kier molecular flexibility index (Phi) is 3.67. The van der Waals surface area contributed by atoms with Crippen LogP contribution in [0.1, 0.15) is 31.7 Å². The highest BCUT2D eigenvalue weighted by molar-refractivity contribution is 6.00. The van der Waals surface area contributed by atoms with Gasteiger partial charge >= 0.3 is 0 Å². The third-order valence-corrected chi connectivity index (χ3v) is 8.16. The minimum atomic E-state index is -0.0844. The standard InChI is InChI=1S/C23H28N2O4/c1-4-19-23-6-7-24(19)12-13-5-8-29-18-11-20(26)25(22(23)21(13)18)15-10-17(28-3)16(27-2)9-14(15)23/h5,9-10,18-19,21-22H,4,6-8,11-12H2,1-3H3/t18?,19-,21?,22?,23-/m1/s1. The summed E-state index contributed by atoms with van der Waals surface area (Å²) in [6, 6.07) is 4.70. The van der Waals surface area contributed by atoms with E-state index in [0.717, 1.165) is 37.4 Å². The Morgan fingerprint density at radius 1 is 1.24 bits per heavy atom. The fourth-order valence-electron chi connectivity index (χ4n) is 7.22. The number of nitrogens with zero attached hydrogens (tertiary/aromatic N) is 2. The first-order chi connectivity index (χ1) is 14.1. The zero-order valence-corrected chi connectivity index (χ0v) is 17.3. The average molecular weight is 396 g/mol.